The molecule has 0 aromatic rings. The molecule has 0 aromatic heterocycles. The Kier molecular flexibility index (Phi) is 6.75. The van der Waals surface area contributed by atoms with Gasteiger partial charge in [-0.2, -0.15) is 0 Å². The zero-order valence-corrected chi connectivity index (χ0v) is 9.91. The van der Waals surface area contributed by atoms with E-state index >= 15 is 0 Å². The number of ether oxygens (including phenoxy) is 2. The van der Waals surface area contributed by atoms with Crippen LogP contribution in [-0.2, 0) is 19.1 Å². The first-order valence-electron chi connectivity index (χ1n) is 5.26. The summed E-state index contributed by atoms with van der Waals surface area (Å²) < 4.78 is 9.67. The monoisotopic (exact) mass is 216 g/mol. The summed E-state index contributed by atoms with van der Waals surface area (Å²) >= 11 is 0. The van der Waals surface area contributed by atoms with Gasteiger partial charge in [0.1, 0.15) is 0 Å². The number of hydrogen-bond donors (Lipinski definition) is 0. The van der Waals surface area contributed by atoms with Gasteiger partial charge in [0.15, 0.2) is 0 Å². The van der Waals surface area contributed by atoms with E-state index in [1.54, 1.807) is 6.92 Å². The first-order chi connectivity index (χ1) is 7.01. The van der Waals surface area contributed by atoms with Crippen molar-refractivity contribution in [3.8, 4) is 0 Å². The van der Waals surface area contributed by atoms with Gasteiger partial charge in [0.25, 0.3) is 0 Å². The predicted molar refractivity (Wildman–Crippen MR) is 56.3 cm³/mol. The second kappa shape index (κ2) is 7.26. The molecule has 0 aliphatic rings. The molecule has 0 N–H and O–H groups in total. The van der Waals surface area contributed by atoms with Crippen LogP contribution in [0, 0.1) is 5.92 Å². The predicted octanol–water partition coefficient (Wildman–Crippen LogP) is 1.92. The summed E-state index contributed by atoms with van der Waals surface area (Å²) in [4.78, 5) is 22.1. The normalized spacial score (nSPS) is 14.1. The lowest BCUT2D eigenvalue weighted by Crippen LogP contribution is -2.23. The smallest absolute Gasteiger partial charge is 0.308 e. The molecule has 4 nitrogen and oxygen atoms in total. The summed E-state index contributed by atoms with van der Waals surface area (Å²) in [5.74, 6) is -0.715. The highest BCUT2D eigenvalue weighted by molar-refractivity contribution is 5.72. The van der Waals surface area contributed by atoms with Crippen LogP contribution in [0.25, 0.3) is 0 Å². The van der Waals surface area contributed by atoms with E-state index in [-0.39, 0.29) is 24.0 Å². The van der Waals surface area contributed by atoms with E-state index < -0.39 is 0 Å². The molecule has 0 amide bonds. The summed E-state index contributed by atoms with van der Waals surface area (Å²) in [6, 6.07) is 0. The van der Waals surface area contributed by atoms with E-state index in [0.29, 0.717) is 6.42 Å². The zero-order chi connectivity index (χ0) is 11.8. The molecule has 0 saturated heterocycles. The average molecular weight is 216 g/mol. The Balaban J connectivity index is 4.14. The van der Waals surface area contributed by atoms with Gasteiger partial charge in [0.2, 0.25) is 0 Å². The van der Waals surface area contributed by atoms with Crippen LogP contribution in [-0.4, -0.2) is 25.2 Å². The quantitative estimate of drug-likeness (QED) is 0.636. The fraction of sp³-hybridized carbons (Fsp3) is 0.818. The average Bonchev–Trinajstić information content (AvgIpc) is 2.14. The van der Waals surface area contributed by atoms with Gasteiger partial charge in [-0.1, -0.05) is 13.3 Å². The third-order valence-corrected chi connectivity index (χ3v) is 2.16. The summed E-state index contributed by atoms with van der Waals surface area (Å²) in [7, 11) is 1.38. The summed E-state index contributed by atoms with van der Waals surface area (Å²) in [5.41, 5.74) is 0. The van der Waals surface area contributed by atoms with Crippen molar-refractivity contribution >= 4 is 11.9 Å². The van der Waals surface area contributed by atoms with Crippen LogP contribution in [0.4, 0.5) is 0 Å². The van der Waals surface area contributed by atoms with E-state index in [4.69, 9.17) is 9.47 Å². The molecule has 0 aliphatic heterocycles. The lowest BCUT2D eigenvalue weighted by Gasteiger charge is -2.18. The van der Waals surface area contributed by atoms with Gasteiger partial charge in [-0.25, -0.2) is 0 Å². The molecule has 0 aliphatic carbocycles. The molecule has 15 heavy (non-hydrogen) atoms. The maximum absolute atomic E-state index is 11.4. The molecular weight excluding hydrogens is 196 g/mol. The van der Waals surface area contributed by atoms with Gasteiger partial charge >= 0.3 is 11.9 Å². The first kappa shape index (κ1) is 13.9. The standard InChI is InChI=1S/C11H20O4/c1-5-6-10(11(13)14-4)7-8(2)15-9(3)12/h8,10H,5-7H2,1-4H3/t8-,10-/m1/s1. The van der Waals surface area contributed by atoms with Crippen molar-refractivity contribution in [2.24, 2.45) is 5.92 Å². The van der Waals surface area contributed by atoms with Crippen LogP contribution in [0.5, 0.6) is 0 Å². The molecule has 0 unspecified atom stereocenters. The van der Waals surface area contributed by atoms with E-state index in [2.05, 4.69) is 0 Å². The minimum atomic E-state index is -0.317. The highest BCUT2D eigenvalue weighted by Gasteiger charge is 2.22. The molecule has 0 aromatic carbocycles. The minimum absolute atomic E-state index is 0.172. The van der Waals surface area contributed by atoms with Crippen molar-refractivity contribution in [2.75, 3.05) is 7.11 Å². The number of carbonyl (C=O) groups is 2. The summed E-state index contributed by atoms with van der Waals surface area (Å²) in [5, 5.41) is 0. The van der Waals surface area contributed by atoms with Crippen LogP contribution < -0.4 is 0 Å². The Morgan fingerprint density at radius 3 is 2.33 bits per heavy atom. The lowest BCUT2D eigenvalue weighted by molar-refractivity contribution is -0.152. The Hall–Kier alpha value is -1.06. The van der Waals surface area contributed by atoms with Crippen molar-refractivity contribution in [2.45, 2.75) is 46.1 Å². The molecule has 0 spiro atoms. The maximum atomic E-state index is 11.4. The van der Waals surface area contributed by atoms with Crippen molar-refractivity contribution < 1.29 is 19.1 Å². The van der Waals surface area contributed by atoms with Crippen LogP contribution >= 0.6 is 0 Å². The third kappa shape index (κ3) is 6.10. The van der Waals surface area contributed by atoms with Gasteiger partial charge in [-0.15, -0.1) is 0 Å². The SMILES string of the molecule is CCC[C@H](C[C@@H](C)OC(C)=O)C(=O)OC. The van der Waals surface area contributed by atoms with Crippen LogP contribution in [0.15, 0.2) is 0 Å². The van der Waals surface area contributed by atoms with Crippen molar-refractivity contribution in [3.63, 3.8) is 0 Å². The highest BCUT2D eigenvalue weighted by atomic mass is 16.5. The Morgan fingerprint density at radius 2 is 1.93 bits per heavy atom. The second-order valence-corrected chi connectivity index (χ2v) is 3.66. The molecule has 0 saturated carbocycles. The van der Waals surface area contributed by atoms with E-state index in [0.717, 1.165) is 12.8 Å². The van der Waals surface area contributed by atoms with Gasteiger partial charge in [-0.05, 0) is 19.8 Å². The van der Waals surface area contributed by atoms with E-state index in [9.17, 15) is 9.59 Å². The van der Waals surface area contributed by atoms with Crippen molar-refractivity contribution in [1.29, 1.82) is 0 Å². The second-order valence-electron chi connectivity index (χ2n) is 3.66. The van der Waals surface area contributed by atoms with Crippen molar-refractivity contribution in [1.82, 2.24) is 0 Å². The van der Waals surface area contributed by atoms with Gasteiger partial charge in [-0.3, -0.25) is 9.59 Å². The molecule has 4 heteroatoms. The molecule has 0 fully saturated rings. The van der Waals surface area contributed by atoms with Gasteiger partial charge in [0, 0.05) is 6.92 Å². The topological polar surface area (TPSA) is 52.6 Å². The lowest BCUT2D eigenvalue weighted by atomic mass is 9.97. The van der Waals surface area contributed by atoms with Crippen molar-refractivity contribution in [3.05, 3.63) is 0 Å². The summed E-state index contributed by atoms with van der Waals surface area (Å²) in [6.45, 7) is 5.16. The van der Waals surface area contributed by atoms with E-state index in [1.165, 1.54) is 14.0 Å². The zero-order valence-electron chi connectivity index (χ0n) is 9.91. The fourth-order valence-electron chi connectivity index (χ4n) is 1.58. The fourth-order valence-corrected chi connectivity index (χ4v) is 1.58. The number of carbonyl (C=O) groups excluding carboxylic acids is 2. The molecule has 0 bridgehead atoms. The largest absolute Gasteiger partial charge is 0.469 e. The van der Waals surface area contributed by atoms with Crippen LogP contribution in [0.1, 0.15) is 40.0 Å². The van der Waals surface area contributed by atoms with Crippen LogP contribution in [0.2, 0.25) is 0 Å². The number of esters is 2. The highest BCUT2D eigenvalue weighted by Crippen LogP contribution is 2.17. The van der Waals surface area contributed by atoms with Gasteiger partial charge in [0.05, 0.1) is 19.1 Å². The summed E-state index contributed by atoms with van der Waals surface area (Å²) in [6.07, 6.45) is 1.96. The molecule has 2 atom stereocenters. The molecule has 88 valence electrons. The number of methoxy groups -OCH3 is 1. The van der Waals surface area contributed by atoms with Gasteiger partial charge < -0.3 is 9.47 Å². The first-order valence-corrected chi connectivity index (χ1v) is 5.26. The molecule has 0 heterocycles. The van der Waals surface area contributed by atoms with E-state index in [1.807, 2.05) is 6.92 Å². The van der Waals surface area contributed by atoms with Crippen LogP contribution in [0.3, 0.4) is 0 Å². The molecule has 0 radical (unpaired) electrons. The Labute approximate surface area is 90.9 Å². The Morgan fingerprint density at radius 1 is 1.33 bits per heavy atom. The third-order valence-electron chi connectivity index (χ3n) is 2.16. The molecular formula is C11H20O4. The molecule has 0 rings (SSSR count). The maximum Gasteiger partial charge on any atom is 0.308 e. The number of hydrogen-bond acceptors (Lipinski definition) is 4. The Bertz CT molecular complexity index is 213. The number of rotatable bonds is 6. The minimum Gasteiger partial charge on any atom is -0.469 e.